The van der Waals surface area contributed by atoms with Crippen LogP contribution in [-0.4, -0.2) is 81.4 Å². The van der Waals surface area contributed by atoms with Crippen LogP contribution in [-0.2, 0) is 60.4 Å². The fourth-order valence-electron chi connectivity index (χ4n) is 6.70. The Hall–Kier alpha value is -7.82. The molecule has 0 saturated carbocycles. The molecule has 0 bridgehead atoms. The van der Waals surface area contributed by atoms with Gasteiger partial charge in [-0.05, 0) is 123 Å². The lowest BCUT2D eigenvalue weighted by molar-refractivity contribution is -0.384. The molecule has 0 aromatic heterocycles. The average Bonchev–Trinajstić information content (AvgIpc) is 3.36. The van der Waals surface area contributed by atoms with E-state index in [2.05, 4.69) is 9.47 Å². The molecule has 17 heteroatoms. The molecule has 0 atom stereocenters. The predicted molar refractivity (Wildman–Crippen MR) is 248 cm³/mol. The van der Waals surface area contributed by atoms with E-state index in [-0.39, 0.29) is 50.6 Å². The van der Waals surface area contributed by atoms with Crippen molar-refractivity contribution < 1.29 is 67.3 Å². The molecule has 4 aromatic carbocycles. The van der Waals surface area contributed by atoms with Crippen LogP contribution >= 0.6 is 0 Å². The minimum Gasteiger partial charge on any atom is -0.466 e. The molecular formula is C51H55N2O15+. The number of nitro benzene ring substituents is 1. The van der Waals surface area contributed by atoms with Gasteiger partial charge in [0.05, 0.1) is 56.7 Å². The first kappa shape index (κ1) is 52.8. The molecule has 0 amide bonds. The van der Waals surface area contributed by atoms with E-state index < -0.39 is 46.2 Å². The Labute approximate surface area is 393 Å². The van der Waals surface area contributed by atoms with E-state index in [9.17, 15) is 43.8 Å². The lowest BCUT2D eigenvalue weighted by Crippen LogP contribution is -2.55. The van der Waals surface area contributed by atoms with Gasteiger partial charge >= 0.3 is 35.8 Å². The molecule has 0 fully saturated rings. The Morgan fingerprint density at radius 3 is 1.25 bits per heavy atom. The molecule has 0 spiro atoms. The van der Waals surface area contributed by atoms with Gasteiger partial charge in [-0.1, -0.05) is 48.5 Å². The maximum Gasteiger partial charge on any atom is 0.338 e. The number of hydrogen-bond donors (Lipinski definition) is 1. The summed E-state index contributed by atoms with van der Waals surface area (Å²) in [7, 11) is 2.56. The van der Waals surface area contributed by atoms with Crippen molar-refractivity contribution >= 4 is 59.3 Å². The van der Waals surface area contributed by atoms with Crippen molar-refractivity contribution in [3.05, 3.63) is 158 Å². The van der Waals surface area contributed by atoms with Crippen LogP contribution in [0.2, 0.25) is 0 Å². The molecule has 0 heterocycles. The standard InChI is InChI=1S/C51H54N2O15/c1-63-45(54)29-19-37-11-21-41(22-12-37)47(56)65-31-7-3-5-9-33-67-49(58)51(35-39-15-25-43(52-60)26-16-39,36-40-17-27-44(28-18-40)53(61)62)50(59)68-34-10-6-4-8-32-66-48(57)42-23-13-38(14-24-42)20-30-46(55)64-2/h11-30H,3-10,31-36H2,1-2H3/p+1/b29-19+,30-20+. The lowest BCUT2D eigenvalue weighted by atomic mass is 9.76. The number of nitrogens with one attached hydrogen (secondary N) is 1. The summed E-state index contributed by atoms with van der Waals surface area (Å²) in [5, 5.41) is 13.2. The minimum atomic E-state index is -1.92. The van der Waals surface area contributed by atoms with Gasteiger partial charge in [0.1, 0.15) is 0 Å². The highest BCUT2D eigenvalue weighted by Gasteiger charge is 2.49. The number of rotatable bonds is 28. The summed E-state index contributed by atoms with van der Waals surface area (Å²) in [6.45, 7) is 0.260. The molecule has 1 N–H and O–H groups in total. The topological polar surface area (TPSA) is 232 Å². The van der Waals surface area contributed by atoms with Crippen LogP contribution in [0.25, 0.3) is 12.2 Å². The monoisotopic (exact) mass is 935 g/mol. The third-order valence-electron chi connectivity index (χ3n) is 10.5. The van der Waals surface area contributed by atoms with Crippen LogP contribution in [0.4, 0.5) is 11.4 Å². The van der Waals surface area contributed by atoms with Crippen molar-refractivity contribution in [1.29, 1.82) is 0 Å². The molecule has 358 valence electrons. The van der Waals surface area contributed by atoms with Gasteiger partial charge in [-0.25, -0.2) is 19.2 Å². The van der Waals surface area contributed by atoms with E-state index in [4.69, 9.17) is 18.9 Å². The largest absolute Gasteiger partial charge is 0.466 e. The van der Waals surface area contributed by atoms with Crippen LogP contribution in [0.15, 0.2) is 109 Å². The SMILES string of the molecule is COC(=O)/C=C/c1ccc(C(=O)OCCCCCCOC(=O)C(Cc2ccc([NH+]=O)cc2)(Cc2ccc([N+](=O)[O-])cc2)C(=O)OCCCCCCOC(=O)c2ccc(/C=C/C(=O)OC)cc2)cc1. The number of methoxy groups -OCH3 is 2. The molecule has 0 saturated heterocycles. The Morgan fingerprint density at radius 2 is 0.897 bits per heavy atom. The summed E-state index contributed by atoms with van der Waals surface area (Å²) in [5.74, 6) is -3.68. The van der Waals surface area contributed by atoms with Gasteiger partial charge in [0.25, 0.3) is 11.4 Å². The van der Waals surface area contributed by atoms with E-state index >= 15 is 0 Å². The highest BCUT2D eigenvalue weighted by atomic mass is 16.6. The molecule has 4 rings (SSSR count). The summed E-state index contributed by atoms with van der Waals surface area (Å²) in [5.41, 5.74) is 1.27. The number of unbranched alkanes of at least 4 members (excludes halogenated alkanes) is 6. The smallest absolute Gasteiger partial charge is 0.338 e. The number of hydrogen-bond acceptors (Lipinski definition) is 15. The van der Waals surface area contributed by atoms with E-state index in [1.54, 1.807) is 78.0 Å². The van der Waals surface area contributed by atoms with Gasteiger partial charge in [0.2, 0.25) is 0 Å². The maximum atomic E-state index is 14.3. The number of non-ortho nitro benzene ring substituents is 1. The van der Waals surface area contributed by atoms with Gasteiger partial charge in [0, 0.05) is 46.5 Å². The first-order chi connectivity index (χ1) is 32.9. The summed E-state index contributed by atoms with van der Waals surface area (Å²) >= 11 is 0. The summed E-state index contributed by atoms with van der Waals surface area (Å²) < 4.78 is 31.5. The van der Waals surface area contributed by atoms with Crippen molar-refractivity contribution in [2.45, 2.75) is 64.2 Å². The summed E-state index contributed by atoms with van der Waals surface area (Å²) in [6.07, 6.45) is 9.77. The molecule has 17 nitrogen and oxygen atoms in total. The van der Waals surface area contributed by atoms with Gasteiger partial charge in [-0.15, -0.1) is 0 Å². The third kappa shape index (κ3) is 17.5. The van der Waals surface area contributed by atoms with Crippen molar-refractivity contribution in [3.63, 3.8) is 0 Å². The number of nitroso groups, excluding NO2 is 1. The lowest BCUT2D eigenvalue weighted by Gasteiger charge is -2.30. The fourth-order valence-corrected chi connectivity index (χ4v) is 6.70. The van der Waals surface area contributed by atoms with E-state index in [0.29, 0.717) is 84.7 Å². The summed E-state index contributed by atoms with van der Waals surface area (Å²) in [4.78, 5) is 98.4. The molecule has 68 heavy (non-hydrogen) atoms. The third-order valence-corrected chi connectivity index (χ3v) is 10.5. The van der Waals surface area contributed by atoms with E-state index in [0.717, 1.165) is 0 Å². The Balaban J connectivity index is 1.32. The second kappa shape index (κ2) is 28.3. The van der Waals surface area contributed by atoms with Crippen LogP contribution in [0.5, 0.6) is 0 Å². The van der Waals surface area contributed by atoms with Gasteiger partial charge in [-0.3, -0.25) is 19.7 Å². The number of nitrogens with zero attached hydrogens (tertiary/aromatic N) is 1. The van der Waals surface area contributed by atoms with Crippen molar-refractivity contribution in [3.8, 4) is 0 Å². The molecule has 4 aromatic rings. The number of carbonyl (C=O) groups excluding carboxylic acids is 6. The van der Waals surface area contributed by atoms with Crippen molar-refractivity contribution in [2.75, 3.05) is 40.6 Å². The van der Waals surface area contributed by atoms with Gasteiger partial charge < -0.3 is 28.4 Å². The highest BCUT2D eigenvalue weighted by molar-refractivity contribution is 6.01. The quantitative estimate of drug-likeness (QED) is 0.0113. The molecule has 0 radical (unpaired) electrons. The minimum absolute atomic E-state index is 0.0337. The Bertz CT molecular complexity index is 2260. The van der Waals surface area contributed by atoms with Crippen LogP contribution in [0, 0.1) is 20.4 Å². The number of benzene rings is 4. The Morgan fingerprint density at radius 1 is 0.529 bits per heavy atom. The molecular weight excluding hydrogens is 881 g/mol. The number of esters is 6. The first-order valence-electron chi connectivity index (χ1n) is 22.0. The van der Waals surface area contributed by atoms with E-state index in [1.807, 2.05) is 0 Å². The zero-order valence-corrected chi connectivity index (χ0v) is 38.0. The normalized spacial score (nSPS) is 11.1. The predicted octanol–water partition coefficient (Wildman–Crippen LogP) is 7.14. The van der Waals surface area contributed by atoms with Crippen molar-refractivity contribution in [1.82, 2.24) is 0 Å². The van der Waals surface area contributed by atoms with Gasteiger partial charge in [-0.2, -0.15) is 0 Å². The zero-order chi connectivity index (χ0) is 49.2. The number of nitro groups is 1. The van der Waals surface area contributed by atoms with Gasteiger partial charge in [0.15, 0.2) is 5.41 Å². The second-order valence-electron chi connectivity index (χ2n) is 15.5. The van der Waals surface area contributed by atoms with Crippen molar-refractivity contribution in [2.24, 2.45) is 5.41 Å². The molecule has 0 aliphatic rings. The van der Waals surface area contributed by atoms with Crippen LogP contribution in [0.3, 0.4) is 0 Å². The molecule has 0 aliphatic carbocycles. The molecule has 0 unspecified atom stereocenters. The van der Waals surface area contributed by atoms with Crippen LogP contribution in [0.1, 0.15) is 94.3 Å². The Kier molecular flexibility index (Phi) is 22.0. The number of ether oxygens (including phenoxy) is 6. The van der Waals surface area contributed by atoms with Crippen LogP contribution < -0.4 is 5.18 Å². The average molecular weight is 936 g/mol. The first-order valence-corrected chi connectivity index (χ1v) is 22.0. The summed E-state index contributed by atoms with van der Waals surface area (Å²) in [6, 6.07) is 24.8. The maximum absolute atomic E-state index is 14.3. The zero-order valence-electron chi connectivity index (χ0n) is 38.0. The highest BCUT2D eigenvalue weighted by Crippen LogP contribution is 2.33. The second-order valence-corrected chi connectivity index (χ2v) is 15.5. The number of carbonyl (C=O) groups is 6. The van der Waals surface area contributed by atoms with E-state index in [1.165, 1.54) is 62.8 Å². The fraction of sp³-hybridized carbons (Fsp3) is 0.333. The molecule has 0 aliphatic heterocycles.